The molecule has 1 aliphatic carbocycles. The Morgan fingerprint density at radius 3 is 2.75 bits per heavy atom. The first-order chi connectivity index (χ1) is 7.50. The Hall–Kier alpha value is -0.790. The summed E-state index contributed by atoms with van der Waals surface area (Å²) in [7, 11) is 0. The summed E-state index contributed by atoms with van der Waals surface area (Å²) in [6.07, 6.45) is 4.45. The van der Waals surface area contributed by atoms with Gasteiger partial charge in [-0.15, -0.1) is 0 Å². The predicted octanol–water partition coefficient (Wildman–Crippen LogP) is 3.18. The SMILES string of the molecule is CC1=CC[C@@H](C(C)C)[C@@H]2C(=O)O[C@H](C)C[C@H]12. The molecule has 90 valence electrons. The first-order valence-corrected chi connectivity index (χ1v) is 6.38. The molecule has 0 bridgehead atoms. The quantitative estimate of drug-likeness (QED) is 0.503. The van der Waals surface area contributed by atoms with Gasteiger partial charge in [0.05, 0.1) is 12.0 Å². The molecule has 2 aliphatic rings. The highest BCUT2D eigenvalue weighted by Crippen LogP contribution is 2.44. The zero-order valence-corrected chi connectivity index (χ0v) is 10.7. The van der Waals surface area contributed by atoms with E-state index in [9.17, 15) is 4.79 Å². The van der Waals surface area contributed by atoms with Crippen LogP contribution in [0.3, 0.4) is 0 Å². The third-order valence-corrected chi connectivity index (χ3v) is 4.22. The van der Waals surface area contributed by atoms with E-state index < -0.39 is 0 Å². The maximum atomic E-state index is 12.0. The van der Waals surface area contributed by atoms with Crippen molar-refractivity contribution in [2.45, 2.75) is 46.6 Å². The van der Waals surface area contributed by atoms with Crippen LogP contribution in [0.15, 0.2) is 11.6 Å². The minimum Gasteiger partial charge on any atom is -0.462 e. The molecule has 0 aromatic carbocycles. The number of ether oxygens (including phenoxy) is 1. The van der Waals surface area contributed by atoms with Gasteiger partial charge in [-0.3, -0.25) is 4.79 Å². The van der Waals surface area contributed by atoms with Crippen molar-refractivity contribution in [3.05, 3.63) is 11.6 Å². The van der Waals surface area contributed by atoms with E-state index in [0.717, 1.165) is 12.8 Å². The van der Waals surface area contributed by atoms with Crippen molar-refractivity contribution < 1.29 is 9.53 Å². The van der Waals surface area contributed by atoms with E-state index in [-0.39, 0.29) is 18.0 Å². The molecule has 0 aromatic heterocycles. The van der Waals surface area contributed by atoms with E-state index >= 15 is 0 Å². The minimum atomic E-state index is 0.0369. The summed E-state index contributed by atoms with van der Waals surface area (Å²) in [4.78, 5) is 12.0. The summed E-state index contributed by atoms with van der Waals surface area (Å²) in [6.45, 7) is 8.59. The summed E-state index contributed by atoms with van der Waals surface area (Å²) in [6, 6.07) is 0. The van der Waals surface area contributed by atoms with Crippen molar-refractivity contribution in [1.82, 2.24) is 0 Å². The number of fused-ring (bicyclic) bond motifs is 1. The molecule has 2 nitrogen and oxygen atoms in total. The van der Waals surface area contributed by atoms with Crippen LogP contribution in [0.2, 0.25) is 0 Å². The third kappa shape index (κ3) is 1.90. The second-order valence-electron chi connectivity index (χ2n) is 5.71. The number of carbonyl (C=O) groups excluding carboxylic acids is 1. The largest absolute Gasteiger partial charge is 0.462 e. The summed E-state index contributed by atoms with van der Waals surface area (Å²) in [5.74, 6) is 1.60. The summed E-state index contributed by atoms with van der Waals surface area (Å²) < 4.78 is 5.42. The number of allylic oxidation sites excluding steroid dienone is 2. The van der Waals surface area contributed by atoms with Crippen LogP contribution < -0.4 is 0 Å². The normalized spacial score (nSPS) is 39.1. The molecule has 0 radical (unpaired) electrons. The van der Waals surface area contributed by atoms with Crippen molar-refractivity contribution in [1.29, 1.82) is 0 Å². The van der Waals surface area contributed by atoms with Gasteiger partial charge in [0.15, 0.2) is 0 Å². The molecule has 0 N–H and O–H groups in total. The van der Waals surface area contributed by atoms with Crippen LogP contribution in [0, 0.1) is 23.7 Å². The molecule has 1 saturated heterocycles. The Labute approximate surface area is 98.1 Å². The van der Waals surface area contributed by atoms with Crippen molar-refractivity contribution in [3.63, 3.8) is 0 Å². The number of esters is 1. The van der Waals surface area contributed by atoms with Gasteiger partial charge >= 0.3 is 5.97 Å². The average molecular weight is 222 g/mol. The highest BCUT2D eigenvalue weighted by atomic mass is 16.5. The lowest BCUT2D eigenvalue weighted by molar-refractivity contribution is -0.167. The number of rotatable bonds is 1. The van der Waals surface area contributed by atoms with Crippen LogP contribution in [0.25, 0.3) is 0 Å². The van der Waals surface area contributed by atoms with Crippen molar-refractivity contribution in [3.8, 4) is 0 Å². The van der Waals surface area contributed by atoms with Crippen molar-refractivity contribution in [2.24, 2.45) is 23.7 Å². The summed E-state index contributed by atoms with van der Waals surface area (Å²) in [5, 5.41) is 0. The standard InChI is InChI=1S/C14H22O2/c1-8(2)11-6-5-9(3)12-7-10(4)16-14(15)13(11)12/h5,8,10-13H,6-7H2,1-4H3/t10-,11+,12-,13+/m1/s1. The average Bonchev–Trinajstić information content (AvgIpc) is 2.19. The van der Waals surface area contributed by atoms with Gasteiger partial charge in [-0.1, -0.05) is 25.5 Å². The molecule has 1 heterocycles. The maximum absolute atomic E-state index is 12.0. The lowest BCUT2D eigenvalue weighted by atomic mass is 9.66. The molecule has 16 heavy (non-hydrogen) atoms. The molecule has 0 aromatic rings. The van der Waals surface area contributed by atoms with Crippen molar-refractivity contribution in [2.75, 3.05) is 0 Å². The monoisotopic (exact) mass is 222 g/mol. The first kappa shape index (κ1) is 11.7. The lowest BCUT2D eigenvalue weighted by Gasteiger charge is -2.42. The van der Waals surface area contributed by atoms with Gasteiger partial charge in [0.1, 0.15) is 0 Å². The molecule has 2 rings (SSSR count). The molecule has 0 unspecified atom stereocenters. The zero-order chi connectivity index (χ0) is 11.9. The zero-order valence-electron chi connectivity index (χ0n) is 10.7. The van der Waals surface area contributed by atoms with E-state index in [1.807, 2.05) is 6.92 Å². The summed E-state index contributed by atoms with van der Waals surface area (Å²) in [5.41, 5.74) is 1.39. The highest BCUT2D eigenvalue weighted by molar-refractivity contribution is 5.75. The Morgan fingerprint density at radius 2 is 2.12 bits per heavy atom. The molecule has 2 heteroatoms. The van der Waals surface area contributed by atoms with Gasteiger partial charge in [0.25, 0.3) is 0 Å². The third-order valence-electron chi connectivity index (χ3n) is 4.22. The van der Waals surface area contributed by atoms with Gasteiger partial charge in [-0.05, 0) is 44.4 Å². The minimum absolute atomic E-state index is 0.0369. The van der Waals surface area contributed by atoms with E-state index in [2.05, 4.69) is 26.8 Å². The Kier molecular flexibility index (Phi) is 3.09. The number of hydrogen-bond acceptors (Lipinski definition) is 2. The van der Waals surface area contributed by atoms with E-state index in [4.69, 9.17) is 4.74 Å². The van der Waals surface area contributed by atoms with Gasteiger partial charge in [0, 0.05) is 0 Å². The Bertz CT molecular complexity index is 317. The van der Waals surface area contributed by atoms with Gasteiger partial charge in [-0.25, -0.2) is 0 Å². The molecular formula is C14H22O2. The fraction of sp³-hybridized carbons (Fsp3) is 0.786. The van der Waals surface area contributed by atoms with Gasteiger partial charge in [-0.2, -0.15) is 0 Å². The Balaban J connectivity index is 2.29. The molecule has 0 amide bonds. The fourth-order valence-electron chi connectivity index (χ4n) is 3.24. The molecule has 1 fully saturated rings. The van der Waals surface area contributed by atoms with Crippen LogP contribution in [-0.2, 0) is 9.53 Å². The van der Waals surface area contributed by atoms with E-state index in [1.165, 1.54) is 5.57 Å². The van der Waals surface area contributed by atoms with Gasteiger partial charge < -0.3 is 4.74 Å². The first-order valence-electron chi connectivity index (χ1n) is 6.38. The number of carbonyl (C=O) groups is 1. The molecule has 1 aliphatic heterocycles. The van der Waals surface area contributed by atoms with Crippen LogP contribution in [0.4, 0.5) is 0 Å². The molecule has 4 atom stereocenters. The van der Waals surface area contributed by atoms with Crippen LogP contribution in [0.1, 0.15) is 40.5 Å². The van der Waals surface area contributed by atoms with E-state index in [0.29, 0.717) is 17.8 Å². The van der Waals surface area contributed by atoms with Crippen LogP contribution >= 0.6 is 0 Å². The fourth-order valence-corrected chi connectivity index (χ4v) is 3.24. The molecule has 0 saturated carbocycles. The molecular weight excluding hydrogens is 200 g/mol. The second-order valence-corrected chi connectivity index (χ2v) is 5.71. The highest BCUT2D eigenvalue weighted by Gasteiger charge is 2.44. The topological polar surface area (TPSA) is 26.3 Å². The molecule has 0 spiro atoms. The second kappa shape index (κ2) is 4.23. The number of cyclic esters (lactones) is 1. The van der Waals surface area contributed by atoms with Crippen molar-refractivity contribution >= 4 is 5.97 Å². The Morgan fingerprint density at radius 1 is 1.44 bits per heavy atom. The van der Waals surface area contributed by atoms with Crippen LogP contribution in [0.5, 0.6) is 0 Å². The predicted molar refractivity (Wildman–Crippen MR) is 63.9 cm³/mol. The lowest BCUT2D eigenvalue weighted by Crippen LogP contribution is -2.44. The number of hydrogen-bond donors (Lipinski definition) is 0. The van der Waals surface area contributed by atoms with E-state index in [1.54, 1.807) is 0 Å². The smallest absolute Gasteiger partial charge is 0.310 e. The maximum Gasteiger partial charge on any atom is 0.310 e. The van der Waals surface area contributed by atoms with Crippen LogP contribution in [-0.4, -0.2) is 12.1 Å². The summed E-state index contributed by atoms with van der Waals surface area (Å²) >= 11 is 0. The van der Waals surface area contributed by atoms with Gasteiger partial charge in [0.2, 0.25) is 0 Å².